The predicted octanol–water partition coefficient (Wildman–Crippen LogP) is 6.08. The van der Waals surface area contributed by atoms with E-state index >= 15 is 0 Å². The third-order valence-corrected chi connectivity index (χ3v) is 9.94. The molecule has 1 aromatic heterocycles. The molecule has 0 bridgehead atoms. The number of thiazole rings is 1. The summed E-state index contributed by atoms with van der Waals surface area (Å²) in [4.78, 5) is 18.4. The summed E-state index contributed by atoms with van der Waals surface area (Å²) in [6, 6.07) is 17.0. The summed E-state index contributed by atoms with van der Waals surface area (Å²) in [5, 5.41) is 5.88. The zero-order valence-electron chi connectivity index (χ0n) is 22.2. The highest BCUT2D eigenvalue weighted by molar-refractivity contribution is 7.89. The number of sulfonamides is 1. The van der Waals surface area contributed by atoms with E-state index < -0.39 is 15.9 Å². The van der Waals surface area contributed by atoms with Gasteiger partial charge in [0.15, 0.2) is 0 Å². The molecule has 0 radical (unpaired) electrons. The van der Waals surface area contributed by atoms with E-state index in [1.807, 2.05) is 6.07 Å². The molecule has 0 saturated heterocycles. The number of ether oxygens (including phenoxy) is 1. The summed E-state index contributed by atoms with van der Waals surface area (Å²) in [6.07, 6.45) is 6.31. The molecule has 1 aliphatic rings. The molecule has 0 spiro atoms. The lowest BCUT2D eigenvalue weighted by molar-refractivity contribution is 0.0987. The Morgan fingerprint density at radius 1 is 1.05 bits per heavy atom. The van der Waals surface area contributed by atoms with Gasteiger partial charge >= 0.3 is 0 Å². The van der Waals surface area contributed by atoms with Gasteiger partial charge in [0.05, 0.1) is 28.4 Å². The molecular weight excluding hydrogens is 551 g/mol. The van der Waals surface area contributed by atoms with Crippen molar-refractivity contribution in [2.75, 3.05) is 19.2 Å². The lowest BCUT2D eigenvalue weighted by Crippen LogP contribution is -2.38. The predicted molar refractivity (Wildman–Crippen MR) is 155 cm³/mol. The Kier molecular flexibility index (Phi) is 8.24. The fourth-order valence-corrected chi connectivity index (χ4v) is 7.04. The van der Waals surface area contributed by atoms with Crippen LogP contribution in [0, 0.1) is 5.82 Å². The second-order valence-corrected chi connectivity index (χ2v) is 12.6. The van der Waals surface area contributed by atoms with Crippen LogP contribution in [0.1, 0.15) is 48.0 Å². The summed E-state index contributed by atoms with van der Waals surface area (Å²) >= 11 is 1.26. The number of amides is 1. The van der Waals surface area contributed by atoms with Gasteiger partial charge in [-0.05, 0) is 73.0 Å². The van der Waals surface area contributed by atoms with Crippen LogP contribution in [0.25, 0.3) is 10.2 Å². The molecule has 1 amide bonds. The minimum Gasteiger partial charge on any atom is -0.497 e. The number of halogens is 1. The molecule has 0 N–H and O–H groups in total. The molecule has 11 heteroatoms. The number of aromatic nitrogens is 1. The maximum absolute atomic E-state index is 13.7. The maximum Gasteiger partial charge on any atom is 0.280 e. The molecule has 1 saturated carbocycles. The third kappa shape index (κ3) is 5.91. The average Bonchev–Trinajstić information content (AvgIpc) is 3.41. The smallest absolute Gasteiger partial charge is 0.280 e. The number of nitrogens with zero attached hydrogens (tertiary/aromatic N) is 4. The number of hydrazone groups is 1. The van der Waals surface area contributed by atoms with Crippen LogP contribution in [-0.4, -0.2) is 50.0 Å². The second kappa shape index (κ2) is 11.8. The van der Waals surface area contributed by atoms with E-state index in [0.29, 0.717) is 22.0 Å². The highest BCUT2D eigenvalue weighted by atomic mass is 32.2. The van der Waals surface area contributed by atoms with Crippen molar-refractivity contribution in [2.45, 2.75) is 43.0 Å². The van der Waals surface area contributed by atoms with Gasteiger partial charge in [-0.1, -0.05) is 42.7 Å². The van der Waals surface area contributed by atoms with Gasteiger partial charge in [-0.15, -0.1) is 0 Å². The van der Waals surface area contributed by atoms with Crippen LogP contribution in [0.4, 0.5) is 9.52 Å². The summed E-state index contributed by atoms with van der Waals surface area (Å²) in [5.41, 5.74) is 1.50. The Morgan fingerprint density at radius 3 is 2.42 bits per heavy atom. The zero-order valence-corrected chi connectivity index (χ0v) is 23.8. The molecule has 8 nitrogen and oxygen atoms in total. The van der Waals surface area contributed by atoms with Crippen molar-refractivity contribution in [1.82, 2.24) is 9.29 Å². The summed E-state index contributed by atoms with van der Waals surface area (Å²) in [5.74, 6) is -0.214. The standard InChI is InChI=1S/C29H29FN4O4S2/c1-33(23-6-4-3-5-7-23)40(36,37)25-15-10-21(11-16-25)28(35)34(31-19-20-8-12-22(30)13-9-20)29-32-26-17-14-24(38-2)18-27(26)39-29/h8-19,23H,3-7H2,1-2H3/b31-19+. The van der Waals surface area contributed by atoms with Gasteiger partial charge in [0.25, 0.3) is 5.91 Å². The highest BCUT2D eigenvalue weighted by Crippen LogP contribution is 2.33. The minimum absolute atomic E-state index is 0.0194. The molecule has 1 fully saturated rings. The van der Waals surface area contributed by atoms with Crippen molar-refractivity contribution in [1.29, 1.82) is 0 Å². The van der Waals surface area contributed by atoms with Gasteiger partial charge in [-0.25, -0.2) is 17.8 Å². The van der Waals surface area contributed by atoms with Crippen LogP contribution < -0.4 is 9.75 Å². The Labute approximate surface area is 236 Å². The van der Waals surface area contributed by atoms with Crippen LogP contribution in [0.5, 0.6) is 5.75 Å². The van der Waals surface area contributed by atoms with E-state index in [1.54, 1.807) is 38.4 Å². The first-order valence-electron chi connectivity index (χ1n) is 12.9. The number of carbonyl (C=O) groups excluding carboxylic acids is 1. The monoisotopic (exact) mass is 580 g/mol. The van der Waals surface area contributed by atoms with Crippen molar-refractivity contribution in [3.63, 3.8) is 0 Å². The number of methoxy groups -OCH3 is 1. The molecule has 40 heavy (non-hydrogen) atoms. The van der Waals surface area contributed by atoms with E-state index in [1.165, 1.54) is 58.3 Å². The van der Waals surface area contributed by atoms with Gasteiger partial charge in [0.1, 0.15) is 11.6 Å². The van der Waals surface area contributed by atoms with Crippen molar-refractivity contribution in [2.24, 2.45) is 5.10 Å². The Morgan fingerprint density at radius 2 is 1.75 bits per heavy atom. The molecule has 4 aromatic rings. The Balaban J connectivity index is 1.45. The fourth-order valence-electron chi connectivity index (χ4n) is 4.67. The molecule has 0 aliphatic heterocycles. The summed E-state index contributed by atoms with van der Waals surface area (Å²) < 4.78 is 47.5. The van der Waals surface area contributed by atoms with Gasteiger partial charge in [0.2, 0.25) is 15.2 Å². The molecule has 1 aliphatic carbocycles. The van der Waals surface area contributed by atoms with E-state index in [-0.39, 0.29) is 22.3 Å². The minimum atomic E-state index is -3.70. The molecule has 3 aromatic carbocycles. The first-order valence-corrected chi connectivity index (χ1v) is 15.2. The number of anilines is 1. The first-order chi connectivity index (χ1) is 19.3. The number of carbonyl (C=O) groups is 1. The second-order valence-electron chi connectivity index (χ2n) is 9.58. The number of fused-ring (bicyclic) bond motifs is 1. The van der Waals surface area contributed by atoms with Crippen molar-refractivity contribution in [3.05, 3.63) is 83.7 Å². The molecule has 1 heterocycles. The van der Waals surface area contributed by atoms with Crippen LogP contribution in [0.15, 0.2) is 76.7 Å². The number of rotatable bonds is 8. The van der Waals surface area contributed by atoms with E-state index in [0.717, 1.165) is 41.8 Å². The van der Waals surface area contributed by atoms with Crippen molar-refractivity contribution < 1.29 is 22.3 Å². The van der Waals surface area contributed by atoms with Crippen LogP contribution in [-0.2, 0) is 10.0 Å². The van der Waals surface area contributed by atoms with Crippen molar-refractivity contribution >= 4 is 48.8 Å². The molecule has 5 rings (SSSR count). The third-order valence-electron chi connectivity index (χ3n) is 7.02. The summed E-state index contributed by atoms with van der Waals surface area (Å²) in [6.45, 7) is 0. The van der Waals surface area contributed by atoms with Crippen LogP contribution >= 0.6 is 11.3 Å². The lowest BCUT2D eigenvalue weighted by atomic mass is 9.96. The molecule has 208 valence electrons. The van der Waals surface area contributed by atoms with E-state index in [9.17, 15) is 17.6 Å². The Hall–Kier alpha value is -3.67. The SMILES string of the molecule is COc1ccc2nc(N(/N=C/c3ccc(F)cc3)C(=O)c3ccc(S(=O)(=O)N(C)C4CCCCC4)cc3)sc2c1. The highest BCUT2D eigenvalue weighted by Gasteiger charge is 2.29. The lowest BCUT2D eigenvalue weighted by Gasteiger charge is -2.30. The van der Waals surface area contributed by atoms with E-state index in [4.69, 9.17) is 4.74 Å². The molecular formula is C29H29FN4O4S2. The summed E-state index contributed by atoms with van der Waals surface area (Å²) in [7, 11) is -0.506. The quantitative estimate of drug-likeness (QED) is 0.186. The van der Waals surface area contributed by atoms with Crippen LogP contribution in [0.2, 0.25) is 0 Å². The first kappa shape index (κ1) is 27.9. The van der Waals surface area contributed by atoms with Gasteiger partial charge in [-0.3, -0.25) is 4.79 Å². The van der Waals surface area contributed by atoms with Gasteiger partial charge in [-0.2, -0.15) is 14.4 Å². The normalized spacial score (nSPS) is 14.7. The zero-order chi connectivity index (χ0) is 28.3. The molecule has 0 atom stereocenters. The number of benzene rings is 3. The molecule has 0 unspecified atom stereocenters. The average molecular weight is 581 g/mol. The van der Waals surface area contributed by atoms with Gasteiger partial charge in [0, 0.05) is 18.7 Å². The van der Waals surface area contributed by atoms with Crippen LogP contribution in [0.3, 0.4) is 0 Å². The largest absolute Gasteiger partial charge is 0.497 e. The Bertz CT molecular complexity index is 1630. The number of hydrogen-bond acceptors (Lipinski definition) is 7. The topological polar surface area (TPSA) is 92.2 Å². The maximum atomic E-state index is 13.7. The fraction of sp³-hybridized carbons (Fsp3) is 0.276. The van der Waals surface area contributed by atoms with Crippen molar-refractivity contribution in [3.8, 4) is 5.75 Å². The van der Waals surface area contributed by atoms with Gasteiger partial charge < -0.3 is 4.74 Å². The van der Waals surface area contributed by atoms with E-state index in [2.05, 4.69) is 10.1 Å². The number of hydrogen-bond donors (Lipinski definition) is 0.